The molecule has 4 rings (SSSR count). The molecule has 4 heteroatoms. The molecule has 30 heavy (non-hydrogen) atoms. The zero-order valence-electron chi connectivity index (χ0n) is 16.3. The van der Waals surface area contributed by atoms with E-state index in [1.54, 1.807) is 12.1 Å². The van der Waals surface area contributed by atoms with Crippen molar-refractivity contribution >= 4 is 11.6 Å². The maximum Gasteiger partial charge on any atom is 0.255 e. The first-order chi connectivity index (χ1) is 14.8. The highest BCUT2D eigenvalue weighted by molar-refractivity contribution is 6.04. The van der Waals surface area contributed by atoms with Crippen molar-refractivity contribution < 1.29 is 14.3 Å². The maximum atomic E-state index is 12.5. The molecule has 0 aliphatic rings. The summed E-state index contributed by atoms with van der Waals surface area (Å²) in [5.41, 5.74) is 2.29. The van der Waals surface area contributed by atoms with Crippen molar-refractivity contribution in [1.82, 2.24) is 0 Å². The number of anilines is 1. The van der Waals surface area contributed by atoms with E-state index < -0.39 is 0 Å². The lowest BCUT2D eigenvalue weighted by Gasteiger charge is -2.09. The fourth-order valence-corrected chi connectivity index (χ4v) is 2.87. The molecular formula is C26H21NO3. The van der Waals surface area contributed by atoms with Crippen LogP contribution in [-0.4, -0.2) is 5.91 Å². The minimum absolute atomic E-state index is 0.165. The number of ether oxygens (including phenoxy) is 2. The van der Waals surface area contributed by atoms with E-state index in [1.165, 1.54) is 0 Å². The number of hydrogen-bond donors (Lipinski definition) is 1. The number of carbonyl (C=O) groups is 1. The minimum Gasteiger partial charge on any atom is -0.489 e. The first-order valence-electron chi connectivity index (χ1n) is 9.67. The van der Waals surface area contributed by atoms with E-state index in [9.17, 15) is 4.79 Å². The summed E-state index contributed by atoms with van der Waals surface area (Å²) in [5.74, 6) is 2.13. The van der Waals surface area contributed by atoms with E-state index >= 15 is 0 Å². The van der Waals surface area contributed by atoms with Gasteiger partial charge in [0.25, 0.3) is 5.91 Å². The molecule has 1 amide bonds. The quantitative estimate of drug-likeness (QED) is 0.399. The number of rotatable bonds is 7. The topological polar surface area (TPSA) is 47.6 Å². The highest BCUT2D eigenvalue weighted by Gasteiger charge is 2.07. The zero-order valence-corrected chi connectivity index (χ0v) is 16.3. The fraction of sp³-hybridized carbons (Fsp3) is 0.0385. The second-order valence-corrected chi connectivity index (χ2v) is 6.69. The van der Waals surface area contributed by atoms with E-state index in [0.717, 1.165) is 17.1 Å². The van der Waals surface area contributed by atoms with E-state index in [-0.39, 0.29) is 5.91 Å². The van der Waals surface area contributed by atoms with E-state index in [2.05, 4.69) is 5.32 Å². The smallest absolute Gasteiger partial charge is 0.255 e. The Labute approximate surface area is 175 Å². The van der Waals surface area contributed by atoms with Gasteiger partial charge in [-0.3, -0.25) is 4.79 Å². The van der Waals surface area contributed by atoms with Gasteiger partial charge in [0.05, 0.1) is 0 Å². The lowest BCUT2D eigenvalue weighted by molar-refractivity contribution is 0.102. The molecule has 148 valence electrons. The normalized spacial score (nSPS) is 10.3. The molecule has 0 atom stereocenters. The molecule has 0 fully saturated rings. The highest BCUT2D eigenvalue weighted by Crippen LogP contribution is 2.23. The van der Waals surface area contributed by atoms with Gasteiger partial charge in [-0.1, -0.05) is 48.5 Å². The first kappa shape index (κ1) is 19.3. The Morgan fingerprint density at radius 2 is 1.20 bits per heavy atom. The van der Waals surface area contributed by atoms with Crippen LogP contribution in [0.1, 0.15) is 15.9 Å². The molecule has 4 aromatic rings. The van der Waals surface area contributed by atoms with Crippen LogP contribution < -0.4 is 14.8 Å². The second kappa shape index (κ2) is 9.43. The maximum absolute atomic E-state index is 12.5. The van der Waals surface area contributed by atoms with Gasteiger partial charge < -0.3 is 14.8 Å². The fourth-order valence-electron chi connectivity index (χ4n) is 2.87. The van der Waals surface area contributed by atoms with Gasteiger partial charge >= 0.3 is 0 Å². The molecule has 0 aliphatic carbocycles. The van der Waals surface area contributed by atoms with E-state index in [1.807, 2.05) is 97.1 Å². The number of amides is 1. The van der Waals surface area contributed by atoms with Crippen molar-refractivity contribution in [2.75, 3.05) is 5.32 Å². The molecule has 0 saturated heterocycles. The van der Waals surface area contributed by atoms with Gasteiger partial charge in [-0.15, -0.1) is 0 Å². The van der Waals surface area contributed by atoms with Crippen LogP contribution in [0.15, 0.2) is 109 Å². The Hall–Kier alpha value is -4.05. The zero-order chi connectivity index (χ0) is 20.6. The molecule has 0 radical (unpaired) electrons. The number of para-hydroxylation sites is 2. The molecule has 0 bridgehead atoms. The van der Waals surface area contributed by atoms with Gasteiger partial charge in [0, 0.05) is 11.3 Å². The summed E-state index contributed by atoms with van der Waals surface area (Å²) in [7, 11) is 0. The second-order valence-electron chi connectivity index (χ2n) is 6.69. The Balaban J connectivity index is 1.32. The van der Waals surface area contributed by atoms with Crippen LogP contribution in [0, 0.1) is 0 Å². The molecular weight excluding hydrogens is 374 g/mol. The number of benzene rings is 4. The van der Waals surface area contributed by atoms with Crippen molar-refractivity contribution in [3.8, 4) is 17.2 Å². The predicted molar refractivity (Wildman–Crippen MR) is 118 cm³/mol. The molecule has 0 heterocycles. The molecule has 0 saturated carbocycles. The van der Waals surface area contributed by atoms with Crippen LogP contribution >= 0.6 is 0 Å². The Morgan fingerprint density at radius 1 is 0.633 bits per heavy atom. The summed E-state index contributed by atoms with van der Waals surface area (Å²) in [6.07, 6.45) is 0. The third-order valence-corrected chi connectivity index (χ3v) is 4.46. The summed E-state index contributed by atoms with van der Waals surface area (Å²) >= 11 is 0. The lowest BCUT2D eigenvalue weighted by Crippen LogP contribution is -2.11. The largest absolute Gasteiger partial charge is 0.489 e. The van der Waals surface area contributed by atoms with Crippen LogP contribution in [0.2, 0.25) is 0 Å². The van der Waals surface area contributed by atoms with Crippen LogP contribution in [0.5, 0.6) is 17.2 Å². The summed E-state index contributed by atoms with van der Waals surface area (Å²) in [5, 5.41) is 2.90. The molecule has 0 aliphatic heterocycles. The molecule has 0 unspecified atom stereocenters. The predicted octanol–water partition coefficient (Wildman–Crippen LogP) is 6.31. The summed E-state index contributed by atoms with van der Waals surface area (Å²) in [4.78, 5) is 12.5. The molecule has 4 nitrogen and oxygen atoms in total. The number of carbonyl (C=O) groups excluding carboxylic acids is 1. The van der Waals surface area contributed by atoms with Gasteiger partial charge in [-0.25, -0.2) is 0 Å². The lowest BCUT2D eigenvalue weighted by atomic mass is 10.1. The summed E-state index contributed by atoms with van der Waals surface area (Å²) in [6, 6.07) is 33.9. The average molecular weight is 395 g/mol. The minimum atomic E-state index is -0.165. The van der Waals surface area contributed by atoms with Crippen molar-refractivity contribution in [1.29, 1.82) is 0 Å². The van der Waals surface area contributed by atoms with Gasteiger partial charge in [-0.2, -0.15) is 0 Å². The van der Waals surface area contributed by atoms with Crippen molar-refractivity contribution in [2.24, 2.45) is 0 Å². The van der Waals surface area contributed by atoms with Crippen molar-refractivity contribution in [3.63, 3.8) is 0 Å². The number of hydrogen-bond acceptors (Lipinski definition) is 3. The highest BCUT2D eigenvalue weighted by atomic mass is 16.5. The monoisotopic (exact) mass is 395 g/mol. The summed E-state index contributed by atoms with van der Waals surface area (Å²) in [6.45, 7) is 0.453. The van der Waals surface area contributed by atoms with Crippen LogP contribution in [0.4, 0.5) is 5.69 Å². The average Bonchev–Trinajstić information content (AvgIpc) is 2.81. The van der Waals surface area contributed by atoms with Crippen molar-refractivity contribution in [3.05, 3.63) is 120 Å². The van der Waals surface area contributed by atoms with Crippen LogP contribution in [-0.2, 0) is 6.61 Å². The molecule has 0 aromatic heterocycles. The van der Waals surface area contributed by atoms with Crippen LogP contribution in [0.3, 0.4) is 0 Å². The van der Waals surface area contributed by atoms with Gasteiger partial charge in [0.15, 0.2) is 0 Å². The van der Waals surface area contributed by atoms with Crippen LogP contribution in [0.25, 0.3) is 0 Å². The first-order valence-corrected chi connectivity index (χ1v) is 9.67. The van der Waals surface area contributed by atoms with E-state index in [4.69, 9.17) is 9.47 Å². The van der Waals surface area contributed by atoms with E-state index in [0.29, 0.717) is 23.6 Å². The third-order valence-electron chi connectivity index (χ3n) is 4.46. The Bertz CT molecular complexity index is 1080. The third kappa shape index (κ3) is 5.26. The van der Waals surface area contributed by atoms with Gasteiger partial charge in [0.1, 0.15) is 23.9 Å². The molecule has 1 N–H and O–H groups in total. The van der Waals surface area contributed by atoms with Gasteiger partial charge in [-0.05, 0) is 66.2 Å². The molecule has 0 spiro atoms. The Kier molecular flexibility index (Phi) is 6.06. The SMILES string of the molecule is O=C(Nc1ccc(Oc2ccccc2)cc1)c1ccc(COc2ccccc2)cc1. The Morgan fingerprint density at radius 3 is 1.83 bits per heavy atom. The standard InChI is InChI=1S/C26H21NO3/c28-26(21-13-11-20(12-14-21)19-29-23-7-3-1-4-8-23)27-22-15-17-25(18-16-22)30-24-9-5-2-6-10-24/h1-18H,19H2,(H,27,28). The molecule has 4 aromatic carbocycles. The van der Waals surface area contributed by atoms with Gasteiger partial charge in [0.2, 0.25) is 0 Å². The van der Waals surface area contributed by atoms with Crippen molar-refractivity contribution in [2.45, 2.75) is 6.61 Å². The summed E-state index contributed by atoms with van der Waals surface area (Å²) < 4.78 is 11.5. The number of nitrogens with one attached hydrogen (secondary N) is 1.